The molecule has 1 amide bonds. The molecular formula is C29H23N3OS. The summed E-state index contributed by atoms with van der Waals surface area (Å²) in [6.07, 6.45) is 4.82. The monoisotopic (exact) mass is 461 g/mol. The minimum Gasteiger partial charge on any atom is -0.298 e. The minimum absolute atomic E-state index is 0.179. The molecule has 2 aromatic heterocycles. The number of thiazole rings is 1. The number of benzene rings is 3. The molecule has 5 aromatic rings. The van der Waals surface area contributed by atoms with Gasteiger partial charge >= 0.3 is 0 Å². The van der Waals surface area contributed by atoms with Gasteiger partial charge in [0.05, 0.1) is 22.5 Å². The zero-order valence-corrected chi connectivity index (χ0v) is 19.4. The number of para-hydroxylation sites is 1. The van der Waals surface area contributed by atoms with E-state index in [-0.39, 0.29) is 5.91 Å². The molecule has 1 aliphatic rings. The number of amides is 1. The fourth-order valence-electron chi connectivity index (χ4n) is 4.64. The van der Waals surface area contributed by atoms with E-state index >= 15 is 0 Å². The number of nitrogens with one attached hydrogen (secondary N) is 1. The maximum Gasteiger partial charge on any atom is 0.258 e. The molecule has 0 aliphatic heterocycles. The Kier molecular flexibility index (Phi) is 5.40. The summed E-state index contributed by atoms with van der Waals surface area (Å²) >= 11 is 1.45. The third kappa shape index (κ3) is 3.99. The first-order chi connectivity index (χ1) is 16.7. The number of anilines is 1. The molecule has 0 spiro atoms. The molecule has 2 heterocycles. The fraction of sp³-hybridized carbons (Fsp3) is 0.138. The van der Waals surface area contributed by atoms with Crippen LogP contribution in [0.3, 0.4) is 0 Å². The van der Waals surface area contributed by atoms with Crippen molar-refractivity contribution in [2.45, 2.75) is 25.7 Å². The van der Waals surface area contributed by atoms with Crippen molar-refractivity contribution in [1.29, 1.82) is 0 Å². The van der Waals surface area contributed by atoms with Gasteiger partial charge in [0.1, 0.15) is 0 Å². The van der Waals surface area contributed by atoms with Crippen molar-refractivity contribution < 1.29 is 4.79 Å². The first-order valence-corrected chi connectivity index (χ1v) is 12.5. The van der Waals surface area contributed by atoms with E-state index in [2.05, 4.69) is 23.5 Å². The summed E-state index contributed by atoms with van der Waals surface area (Å²) in [5.74, 6) is -0.179. The van der Waals surface area contributed by atoms with Gasteiger partial charge in [0.15, 0.2) is 5.13 Å². The standard InChI is InChI=1S/C29H23N3OS/c33-28(24-17-26(20-9-2-1-3-10-20)30-25-13-7-6-12-23(24)25)32-29-31-27(18-34-29)22-15-14-19-8-4-5-11-21(19)16-22/h1-3,6-7,9-10,12-18H,4-5,8,11H2,(H,31,32,33). The van der Waals surface area contributed by atoms with Crippen molar-refractivity contribution in [2.75, 3.05) is 5.32 Å². The number of carbonyl (C=O) groups excluding carboxylic acids is 1. The number of rotatable bonds is 4. The molecule has 0 atom stereocenters. The SMILES string of the molecule is O=C(Nc1nc(-c2ccc3c(c2)CCCC3)cs1)c1cc(-c2ccccc2)nc2ccccc12. The molecular weight excluding hydrogens is 438 g/mol. The normalized spacial score (nSPS) is 12.9. The van der Waals surface area contributed by atoms with Crippen LogP contribution in [0, 0.1) is 0 Å². The van der Waals surface area contributed by atoms with E-state index in [1.165, 1.54) is 41.7 Å². The molecule has 0 bridgehead atoms. The minimum atomic E-state index is -0.179. The number of nitrogens with zero attached hydrogens (tertiary/aromatic N) is 2. The lowest BCUT2D eigenvalue weighted by atomic mass is 9.90. The van der Waals surface area contributed by atoms with Crippen LogP contribution in [0.25, 0.3) is 33.4 Å². The van der Waals surface area contributed by atoms with Crippen molar-refractivity contribution in [1.82, 2.24) is 9.97 Å². The number of hydrogen-bond acceptors (Lipinski definition) is 4. The van der Waals surface area contributed by atoms with Crippen LogP contribution in [0.15, 0.2) is 84.2 Å². The highest BCUT2D eigenvalue weighted by Crippen LogP contribution is 2.31. The van der Waals surface area contributed by atoms with Gasteiger partial charge < -0.3 is 0 Å². The third-order valence-electron chi connectivity index (χ3n) is 6.40. The van der Waals surface area contributed by atoms with Gasteiger partial charge in [-0.2, -0.15) is 0 Å². The predicted molar refractivity (Wildman–Crippen MR) is 139 cm³/mol. The zero-order chi connectivity index (χ0) is 22.9. The molecule has 0 fully saturated rings. The van der Waals surface area contributed by atoms with E-state index in [9.17, 15) is 4.79 Å². The van der Waals surface area contributed by atoms with Gasteiger partial charge in [0.25, 0.3) is 5.91 Å². The Morgan fingerprint density at radius 3 is 2.44 bits per heavy atom. The van der Waals surface area contributed by atoms with Crippen LogP contribution in [-0.4, -0.2) is 15.9 Å². The average molecular weight is 462 g/mol. The number of carbonyl (C=O) groups is 1. The number of aryl methyl sites for hydroxylation is 2. The van der Waals surface area contributed by atoms with Crippen LogP contribution in [0.5, 0.6) is 0 Å². The van der Waals surface area contributed by atoms with Gasteiger partial charge in [-0.15, -0.1) is 11.3 Å². The molecule has 5 heteroatoms. The van der Waals surface area contributed by atoms with E-state index in [0.29, 0.717) is 10.7 Å². The van der Waals surface area contributed by atoms with Crippen molar-refractivity contribution in [3.05, 3.63) is 101 Å². The average Bonchev–Trinajstić information content (AvgIpc) is 3.36. The van der Waals surface area contributed by atoms with Gasteiger partial charge in [0, 0.05) is 21.9 Å². The van der Waals surface area contributed by atoms with Gasteiger partial charge in [-0.25, -0.2) is 9.97 Å². The second-order valence-corrected chi connectivity index (χ2v) is 9.48. The summed E-state index contributed by atoms with van der Waals surface area (Å²) < 4.78 is 0. The molecule has 0 radical (unpaired) electrons. The molecule has 1 N–H and O–H groups in total. The molecule has 0 saturated heterocycles. The quantitative estimate of drug-likeness (QED) is 0.309. The number of fused-ring (bicyclic) bond motifs is 2. The van der Waals surface area contributed by atoms with Crippen LogP contribution < -0.4 is 5.32 Å². The summed E-state index contributed by atoms with van der Waals surface area (Å²) in [7, 11) is 0. The Hall–Kier alpha value is -3.83. The van der Waals surface area contributed by atoms with Crippen molar-refractivity contribution >= 4 is 33.3 Å². The van der Waals surface area contributed by atoms with E-state index in [0.717, 1.165) is 39.8 Å². The predicted octanol–water partition coefficient (Wildman–Crippen LogP) is 7.16. The molecule has 34 heavy (non-hydrogen) atoms. The Morgan fingerprint density at radius 2 is 1.56 bits per heavy atom. The van der Waals surface area contributed by atoms with Crippen molar-refractivity contribution in [3.63, 3.8) is 0 Å². The van der Waals surface area contributed by atoms with E-state index in [1.807, 2.05) is 66.0 Å². The highest BCUT2D eigenvalue weighted by molar-refractivity contribution is 7.14. The summed E-state index contributed by atoms with van der Waals surface area (Å²) in [6, 6.07) is 26.2. The number of aromatic nitrogens is 2. The molecule has 3 aromatic carbocycles. The lowest BCUT2D eigenvalue weighted by Crippen LogP contribution is -2.13. The molecule has 4 nitrogen and oxygen atoms in total. The molecule has 0 unspecified atom stereocenters. The molecule has 1 aliphatic carbocycles. The third-order valence-corrected chi connectivity index (χ3v) is 7.16. The van der Waals surface area contributed by atoms with Crippen LogP contribution >= 0.6 is 11.3 Å². The molecule has 0 saturated carbocycles. The molecule has 6 rings (SSSR count). The second-order valence-electron chi connectivity index (χ2n) is 8.62. The highest BCUT2D eigenvalue weighted by atomic mass is 32.1. The lowest BCUT2D eigenvalue weighted by Gasteiger charge is -2.16. The largest absolute Gasteiger partial charge is 0.298 e. The number of pyridine rings is 1. The van der Waals surface area contributed by atoms with Gasteiger partial charge in [0.2, 0.25) is 0 Å². The molecule has 166 valence electrons. The first kappa shape index (κ1) is 20.8. The second kappa shape index (κ2) is 8.84. The van der Waals surface area contributed by atoms with E-state index < -0.39 is 0 Å². The Bertz CT molecular complexity index is 1510. The highest BCUT2D eigenvalue weighted by Gasteiger charge is 2.17. The topological polar surface area (TPSA) is 54.9 Å². The zero-order valence-electron chi connectivity index (χ0n) is 18.6. The van der Waals surface area contributed by atoms with Gasteiger partial charge in [-0.1, -0.05) is 60.7 Å². The Balaban J connectivity index is 1.31. The maximum absolute atomic E-state index is 13.4. The maximum atomic E-state index is 13.4. The van der Waals surface area contributed by atoms with Crippen LogP contribution in [0.2, 0.25) is 0 Å². The smallest absolute Gasteiger partial charge is 0.258 e. The Labute approximate surface area is 202 Å². The van der Waals surface area contributed by atoms with Gasteiger partial charge in [-0.3, -0.25) is 10.1 Å². The summed E-state index contributed by atoms with van der Waals surface area (Å²) in [6.45, 7) is 0. The van der Waals surface area contributed by atoms with Gasteiger partial charge in [-0.05, 0) is 55.0 Å². The Morgan fingerprint density at radius 1 is 0.765 bits per heavy atom. The summed E-state index contributed by atoms with van der Waals surface area (Å²) in [5, 5.41) is 6.46. The van der Waals surface area contributed by atoms with Crippen LogP contribution in [-0.2, 0) is 12.8 Å². The lowest BCUT2D eigenvalue weighted by molar-refractivity contribution is 0.102. The summed E-state index contributed by atoms with van der Waals surface area (Å²) in [4.78, 5) is 22.9. The number of hydrogen-bond donors (Lipinski definition) is 1. The van der Waals surface area contributed by atoms with Crippen LogP contribution in [0.1, 0.15) is 34.3 Å². The van der Waals surface area contributed by atoms with Crippen molar-refractivity contribution in [2.24, 2.45) is 0 Å². The fourth-order valence-corrected chi connectivity index (χ4v) is 5.36. The first-order valence-electron chi connectivity index (χ1n) is 11.6. The van der Waals surface area contributed by atoms with Crippen LogP contribution in [0.4, 0.5) is 5.13 Å². The van der Waals surface area contributed by atoms with Crippen molar-refractivity contribution in [3.8, 4) is 22.5 Å². The van der Waals surface area contributed by atoms with E-state index in [1.54, 1.807) is 0 Å². The van der Waals surface area contributed by atoms with E-state index in [4.69, 9.17) is 9.97 Å². The summed E-state index contributed by atoms with van der Waals surface area (Å²) in [5.41, 5.74) is 8.04.